The first-order chi connectivity index (χ1) is 7.15. The summed E-state index contributed by atoms with van der Waals surface area (Å²) in [6.45, 7) is 8.07. The summed E-state index contributed by atoms with van der Waals surface area (Å²) in [6, 6.07) is 0. The Morgan fingerprint density at radius 1 is 0.867 bits per heavy atom. The smallest absolute Gasteiger partial charge is 0.142 e. The third-order valence-electron chi connectivity index (χ3n) is 2.12. The van der Waals surface area contributed by atoms with Crippen LogP contribution in [0.2, 0.25) is 0 Å². The number of rotatable bonds is 5. The number of hydrogen-bond donors (Lipinski definition) is 0. The van der Waals surface area contributed by atoms with Crippen LogP contribution >= 0.6 is 0 Å². The van der Waals surface area contributed by atoms with E-state index in [1.165, 1.54) is 5.57 Å². The monoisotopic (exact) mass is 210 g/mol. The molecule has 0 bridgehead atoms. The van der Waals surface area contributed by atoms with E-state index >= 15 is 0 Å². The third-order valence-corrected chi connectivity index (χ3v) is 2.12. The summed E-state index contributed by atoms with van der Waals surface area (Å²) in [7, 11) is 0. The molecule has 0 N–H and O–H groups in total. The predicted molar refractivity (Wildman–Crippen MR) is 64.8 cm³/mol. The molecule has 0 atom stereocenters. The Labute approximate surface area is 93.1 Å². The fourth-order valence-corrected chi connectivity index (χ4v) is 0.816. The van der Waals surface area contributed by atoms with Crippen LogP contribution in [0.15, 0.2) is 23.3 Å². The Morgan fingerprint density at radius 3 is 1.47 bits per heavy atom. The summed E-state index contributed by atoms with van der Waals surface area (Å²) in [6.07, 6.45) is 7.85. The maximum atomic E-state index is 9.86. The van der Waals surface area contributed by atoms with Crippen LogP contribution in [-0.4, -0.2) is 12.6 Å². The number of carbonyl (C=O) groups is 2. The second-order valence-corrected chi connectivity index (χ2v) is 3.17. The van der Waals surface area contributed by atoms with Crippen molar-refractivity contribution in [3.63, 3.8) is 0 Å². The molecule has 2 heteroatoms. The zero-order valence-electron chi connectivity index (χ0n) is 10.2. The van der Waals surface area contributed by atoms with Crippen molar-refractivity contribution in [3.05, 3.63) is 23.3 Å². The molecule has 86 valence electrons. The summed E-state index contributed by atoms with van der Waals surface area (Å²) < 4.78 is 0. The van der Waals surface area contributed by atoms with Crippen LogP contribution < -0.4 is 0 Å². The van der Waals surface area contributed by atoms with Gasteiger partial charge in [-0.05, 0) is 38.3 Å². The highest BCUT2D eigenvalue weighted by atomic mass is 16.1. The summed E-state index contributed by atoms with van der Waals surface area (Å²) in [5, 5.41) is 0. The van der Waals surface area contributed by atoms with E-state index in [-0.39, 0.29) is 0 Å². The SMILES string of the molecule is CCC(=CC=O)CC.CCC(C)=CC=O. The number of aldehydes is 2. The van der Waals surface area contributed by atoms with Gasteiger partial charge in [-0.2, -0.15) is 0 Å². The molecule has 0 aromatic heterocycles. The molecule has 0 saturated carbocycles. The van der Waals surface area contributed by atoms with Gasteiger partial charge < -0.3 is 0 Å². The number of allylic oxidation sites excluding steroid dienone is 4. The standard InChI is InChI=1S/C7H12O.C6H10O/c1-3-7(4-2)5-6-8;1-3-6(2)4-5-7/h5-6H,3-4H2,1-2H3;4-5H,3H2,1-2H3. The van der Waals surface area contributed by atoms with Crippen LogP contribution in [0, 0.1) is 0 Å². The molecular weight excluding hydrogens is 188 g/mol. The Kier molecular flexibility index (Phi) is 13.9. The van der Waals surface area contributed by atoms with Crippen molar-refractivity contribution in [1.29, 1.82) is 0 Å². The molecule has 0 fully saturated rings. The molecule has 0 aromatic carbocycles. The van der Waals surface area contributed by atoms with Gasteiger partial charge in [0.15, 0.2) is 0 Å². The van der Waals surface area contributed by atoms with Crippen molar-refractivity contribution in [2.75, 3.05) is 0 Å². The zero-order valence-corrected chi connectivity index (χ0v) is 10.2. The molecule has 2 nitrogen and oxygen atoms in total. The van der Waals surface area contributed by atoms with Crippen LogP contribution in [0.5, 0.6) is 0 Å². The molecule has 0 aromatic rings. The van der Waals surface area contributed by atoms with Gasteiger partial charge in [-0.25, -0.2) is 0 Å². The van der Waals surface area contributed by atoms with Crippen molar-refractivity contribution < 1.29 is 9.59 Å². The Balaban J connectivity index is 0. The van der Waals surface area contributed by atoms with Crippen LogP contribution in [0.4, 0.5) is 0 Å². The van der Waals surface area contributed by atoms with E-state index in [1.807, 2.05) is 13.8 Å². The molecule has 0 aliphatic carbocycles. The summed E-state index contributed by atoms with van der Waals surface area (Å²) in [4.78, 5) is 19.6. The quantitative estimate of drug-likeness (QED) is 0.514. The number of carbonyl (C=O) groups excluding carboxylic acids is 2. The lowest BCUT2D eigenvalue weighted by Gasteiger charge is -1.92. The van der Waals surface area contributed by atoms with Crippen molar-refractivity contribution in [1.82, 2.24) is 0 Å². The average Bonchev–Trinajstić information content (AvgIpc) is 2.27. The molecule has 0 aliphatic rings. The first-order valence-corrected chi connectivity index (χ1v) is 5.40. The van der Waals surface area contributed by atoms with Crippen molar-refractivity contribution in [2.24, 2.45) is 0 Å². The second-order valence-electron chi connectivity index (χ2n) is 3.17. The molecule has 0 saturated heterocycles. The second kappa shape index (κ2) is 12.8. The molecule has 0 heterocycles. The molecule has 0 rings (SSSR count). The fraction of sp³-hybridized carbons (Fsp3) is 0.538. The van der Waals surface area contributed by atoms with Gasteiger partial charge in [0.2, 0.25) is 0 Å². The van der Waals surface area contributed by atoms with Gasteiger partial charge in [0.25, 0.3) is 0 Å². The van der Waals surface area contributed by atoms with E-state index in [0.717, 1.165) is 37.4 Å². The normalized spacial score (nSPS) is 9.73. The van der Waals surface area contributed by atoms with Gasteiger partial charge in [0, 0.05) is 0 Å². The van der Waals surface area contributed by atoms with Gasteiger partial charge >= 0.3 is 0 Å². The fourth-order valence-electron chi connectivity index (χ4n) is 0.816. The minimum Gasteiger partial charge on any atom is -0.299 e. The Hall–Kier alpha value is -1.18. The lowest BCUT2D eigenvalue weighted by atomic mass is 10.1. The van der Waals surface area contributed by atoms with Gasteiger partial charge in [0.05, 0.1) is 0 Å². The van der Waals surface area contributed by atoms with Crippen molar-refractivity contribution in [2.45, 2.75) is 47.0 Å². The number of hydrogen-bond acceptors (Lipinski definition) is 2. The molecule has 0 spiro atoms. The average molecular weight is 210 g/mol. The van der Waals surface area contributed by atoms with Gasteiger partial charge in [-0.15, -0.1) is 0 Å². The molecule has 0 amide bonds. The van der Waals surface area contributed by atoms with E-state index in [0.29, 0.717) is 0 Å². The molecule has 0 aliphatic heterocycles. The van der Waals surface area contributed by atoms with Gasteiger partial charge in [-0.3, -0.25) is 9.59 Å². The first-order valence-electron chi connectivity index (χ1n) is 5.40. The summed E-state index contributed by atoms with van der Waals surface area (Å²) in [5.74, 6) is 0. The predicted octanol–water partition coefficient (Wildman–Crippen LogP) is 3.47. The summed E-state index contributed by atoms with van der Waals surface area (Å²) in [5.41, 5.74) is 2.36. The van der Waals surface area contributed by atoms with E-state index in [1.54, 1.807) is 12.2 Å². The van der Waals surface area contributed by atoms with E-state index in [4.69, 9.17) is 0 Å². The Morgan fingerprint density at radius 2 is 1.33 bits per heavy atom. The van der Waals surface area contributed by atoms with E-state index < -0.39 is 0 Å². The van der Waals surface area contributed by atoms with E-state index in [2.05, 4.69) is 13.8 Å². The van der Waals surface area contributed by atoms with Crippen LogP contribution in [-0.2, 0) is 9.59 Å². The Bertz CT molecular complexity index is 219. The molecular formula is C13H22O2. The van der Waals surface area contributed by atoms with Crippen LogP contribution in [0.3, 0.4) is 0 Å². The minimum atomic E-state index is 0.818. The zero-order chi connectivity index (χ0) is 12.1. The third kappa shape index (κ3) is 12.8. The van der Waals surface area contributed by atoms with Crippen LogP contribution in [0.25, 0.3) is 0 Å². The lowest BCUT2D eigenvalue weighted by molar-refractivity contribution is -0.104. The maximum absolute atomic E-state index is 9.86. The molecule has 15 heavy (non-hydrogen) atoms. The maximum Gasteiger partial charge on any atom is 0.142 e. The van der Waals surface area contributed by atoms with Gasteiger partial charge in [-0.1, -0.05) is 31.9 Å². The minimum absolute atomic E-state index is 0.818. The van der Waals surface area contributed by atoms with E-state index in [9.17, 15) is 9.59 Å². The lowest BCUT2D eigenvalue weighted by Crippen LogP contribution is -1.76. The van der Waals surface area contributed by atoms with Crippen LogP contribution in [0.1, 0.15) is 47.0 Å². The highest BCUT2D eigenvalue weighted by molar-refractivity contribution is 5.66. The molecule has 0 unspecified atom stereocenters. The molecule has 0 radical (unpaired) electrons. The highest BCUT2D eigenvalue weighted by Gasteiger charge is 1.84. The van der Waals surface area contributed by atoms with Crippen molar-refractivity contribution in [3.8, 4) is 0 Å². The first kappa shape index (κ1) is 16.3. The highest BCUT2D eigenvalue weighted by Crippen LogP contribution is 2.02. The van der Waals surface area contributed by atoms with Crippen molar-refractivity contribution >= 4 is 12.6 Å². The topological polar surface area (TPSA) is 34.1 Å². The van der Waals surface area contributed by atoms with Gasteiger partial charge in [0.1, 0.15) is 12.6 Å². The largest absolute Gasteiger partial charge is 0.299 e. The summed E-state index contributed by atoms with van der Waals surface area (Å²) >= 11 is 0.